The summed E-state index contributed by atoms with van der Waals surface area (Å²) in [5.41, 5.74) is 5.56. The Kier molecular flexibility index (Phi) is 4.94. The van der Waals surface area contributed by atoms with Gasteiger partial charge in [0, 0.05) is 19.5 Å². The van der Waals surface area contributed by atoms with Gasteiger partial charge in [-0.05, 0) is 21.0 Å². The van der Waals surface area contributed by atoms with E-state index in [1.54, 1.807) is 0 Å². The standard InChI is InChI=1S/C7H17N3/c1-4-9-7(8)5-6-10(2)3/h4-6H2,1-3H3,(H2,8,9). The SMILES string of the molecule is CCN=C(N)CCN(C)C. The van der Waals surface area contributed by atoms with Gasteiger partial charge in [0.15, 0.2) is 0 Å². The summed E-state index contributed by atoms with van der Waals surface area (Å²) in [6, 6.07) is 0. The molecule has 0 aromatic heterocycles. The van der Waals surface area contributed by atoms with E-state index in [2.05, 4.69) is 9.89 Å². The highest BCUT2D eigenvalue weighted by atomic mass is 15.1. The Morgan fingerprint density at radius 3 is 2.50 bits per heavy atom. The van der Waals surface area contributed by atoms with E-state index in [0.717, 1.165) is 25.3 Å². The van der Waals surface area contributed by atoms with Crippen molar-refractivity contribution in [3.05, 3.63) is 0 Å². The van der Waals surface area contributed by atoms with Crippen molar-refractivity contribution in [1.82, 2.24) is 4.90 Å². The monoisotopic (exact) mass is 143 g/mol. The second kappa shape index (κ2) is 5.23. The van der Waals surface area contributed by atoms with Gasteiger partial charge in [-0.1, -0.05) is 0 Å². The molecule has 0 aliphatic carbocycles. The molecule has 0 unspecified atom stereocenters. The first-order chi connectivity index (χ1) is 4.66. The average Bonchev–Trinajstić information content (AvgIpc) is 1.85. The lowest BCUT2D eigenvalue weighted by Crippen LogP contribution is -2.21. The van der Waals surface area contributed by atoms with Crippen LogP contribution in [-0.4, -0.2) is 37.9 Å². The lowest BCUT2D eigenvalue weighted by atomic mass is 10.4. The van der Waals surface area contributed by atoms with Crippen molar-refractivity contribution in [1.29, 1.82) is 0 Å². The summed E-state index contributed by atoms with van der Waals surface area (Å²) in [4.78, 5) is 6.16. The Morgan fingerprint density at radius 2 is 2.10 bits per heavy atom. The molecule has 0 spiro atoms. The van der Waals surface area contributed by atoms with Crippen LogP contribution in [-0.2, 0) is 0 Å². The Bertz CT molecular complexity index is 107. The van der Waals surface area contributed by atoms with Crippen LogP contribution in [0.3, 0.4) is 0 Å². The fourth-order valence-electron chi connectivity index (χ4n) is 0.620. The van der Waals surface area contributed by atoms with Crippen molar-refractivity contribution in [2.45, 2.75) is 13.3 Å². The van der Waals surface area contributed by atoms with Crippen molar-refractivity contribution in [2.24, 2.45) is 10.7 Å². The topological polar surface area (TPSA) is 41.6 Å². The fraction of sp³-hybridized carbons (Fsp3) is 0.857. The molecule has 0 aromatic carbocycles. The second-order valence-electron chi connectivity index (χ2n) is 2.52. The highest BCUT2D eigenvalue weighted by Gasteiger charge is 1.92. The number of rotatable bonds is 4. The highest BCUT2D eigenvalue weighted by molar-refractivity contribution is 5.80. The predicted molar refractivity (Wildman–Crippen MR) is 45.3 cm³/mol. The van der Waals surface area contributed by atoms with E-state index in [1.165, 1.54) is 0 Å². The lowest BCUT2D eigenvalue weighted by molar-refractivity contribution is 0.421. The number of hydrogen-bond acceptors (Lipinski definition) is 2. The van der Waals surface area contributed by atoms with Crippen LogP contribution in [0.4, 0.5) is 0 Å². The van der Waals surface area contributed by atoms with Gasteiger partial charge in [0.1, 0.15) is 0 Å². The second-order valence-corrected chi connectivity index (χ2v) is 2.52. The molecular formula is C7H17N3. The quantitative estimate of drug-likeness (QED) is 0.455. The van der Waals surface area contributed by atoms with Gasteiger partial charge in [0.25, 0.3) is 0 Å². The maximum Gasteiger partial charge on any atom is 0.0949 e. The van der Waals surface area contributed by atoms with E-state index in [4.69, 9.17) is 5.73 Å². The number of nitrogens with two attached hydrogens (primary N) is 1. The van der Waals surface area contributed by atoms with Gasteiger partial charge in [-0.15, -0.1) is 0 Å². The first kappa shape index (κ1) is 9.43. The largest absolute Gasteiger partial charge is 0.387 e. The molecule has 0 amide bonds. The summed E-state index contributed by atoms with van der Waals surface area (Å²) in [6.45, 7) is 3.76. The molecule has 0 rings (SSSR count). The van der Waals surface area contributed by atoms with Crippen LogP contribution in [0.15, 0.2) is 4.99 Å². The van der Waals surface area contributed by atoms with Gasteiger partial charge in [0.2, 0.25) is 0 Å². The first-order valence-corrected chi connectivity index (χ1v) is 3.60. The van der Waals surface area contributed by atoms with Crippen molar-refractivity contribution in [3.8, 4) is 0 Å². The van der Waals surface area contributed by atoms with Gasteiger partial charge in [-0.25, -0.2) is 0 Å². The average molecular weight is 143 g/mol. The molecule has 2 N–H and O–H groups in total. The Labute approximate surface area is 62.9 Å². The summed E-state index contributed by atoms with van der Waals surface area (Å²) >= 11 is 0. The Balaban J connectivity index is 3.39. The maximum atomic E-state index is 5.56. The summed E-state index contributed by atoms with van der Waals surface area (Å²) in [7, 11) is 4.05. The molecule has 0 bridgehead atoms. The van der Waals surface area contributed by atoms with E-state index >= 15 is 0 Å². The van der Waals surface area contributed by atoms with Crippen molar-refractivity contribution < 1.29 is 0 Å². The van der Waals surface area contributed by atoms with Gasteiger partial charge in [-0.2, -0.15) is 0 Å². The number of hydrogen-bond donors (Lipinski definition) is 1. The summed E-state index contributed by atoms with van der Waals surface area (Å²) < 4.78 is 0. The van der Waals surface area contributed by atoms with Crippen LogP contribution >= 0.6 is 0 Å². The third kappa shape index (κ3) is 5.56. The van der Waals surface area contributed by atoms with Gasteiger partial charge >= 0.3 is 0 Å². The third-order valence-electron chi connectivity index (χ3n) is 1.18. The minimum absolute atomic E-state index is 0.760. The van der Waals surface area contributed by atoms with Crippen molar-refractivity contribution in [2.75, 3.05) is 27.2 Å². The highest BCUT2D eigenvalue weighted by Crippen LogP contribution is 1.83. The van der Waals surface area contributed by atoms with Crippen LogP contribution < -0.4 is 5.73 Å². The van der Waals surface area contributed by atoms with E-state index in [0.29, 0.717) is 0 Å². The number of nitrogens with zero attached hydrogens (tertiary/aromatic N) is 2. The zero-order valence-corrected chi connectivity index (χ0v) is 7.09. The number of aliphatic imine (C=N–C) groups is 1. The Morgan fingerprint density at radius 1 is 1.50 bits per heavy atom. The van der Waals surface area contributed by atoms with E-state index in [-0.39, 0.29) is 0 Å². The molecule has 0 heterocycles. The zero-order chi connectivity index (χ0) is 7.98. The third-order valence-corrected chi connectivity index (χ3v) is 1.18. The zero-order valence-electron chi connectivity index (χ0n) is 7.09. The van der Waals surface area contributed by atoms with E-state index in [9.17, 15) is 0 Å². The fourth-order valence-corrected chi connectivity index (χ4v) is 0.620. The van der Waals surface area contributed by atoms with Crippen LogP contribution in [0.2, 0.25) is 0 Å². The summed E-state index contributed by atoms with van der Waals surface area (Å²) in [5, 5.41) is 0. The molecule has 0 aliphatic heterocycles. The molecule has 10 heavy (non-hydrogen) atoms. The van der Waals surface area contributed by atoms with Gasteiger partial charge in [-0.3, -0.25) is 4.99 Å². The van der Waals surface area contributed by atoms with Crippen LogP contribution in [0.25, 0.3) is 0 Å². The molecular weight excluding hydrogens is 126 g/mol. The molecule has 3 nitrogen and oxygen atoms in total. The minimum Gasteiger partial charge on any atom is -0.387 e. The van der Waals surface area contributed by atoms with Gasteiger partial charge < -0.3 is 10.6 Å². The van der Waals surface area contributed by atoms with Crippen LogP contribution in [0.5, 0.6) is 0 Å². The molecule has 0 saturated carbocycles. The Hall–Kier alpha value is -0.570. The normalized spacial score (nSPS) is 12.6. The van der Waals surface area contributed by atoms with Gasteiger partial charge in [0.05, 0.1) is 5.84 Å². The van der Waals surface area contributed by atoms with Crippen LogP contribution in [0.1, 0.15) is 13.3 Å². The molecule has 60 valence electrons. The smallest absolute Gasteiger partial charge is 0.0949 e. The van der Waals surface area contributed by atoms with Crippen LogP contribution in [0, 0.1) is 0 Å². The molecule has 0 aromatic rings. The molecule has 0 fully saturated rings. The van der Waals surface area contributed by atoms with Crippen molar-refractivity contribution >= 4 is 5.84 Å². The van der Waals surface area contributed by atoms with Crippen molar-refractivity contribution in [3.63, 3.8) is 0 Å². The summed E-state index contributed by atoms with van der Waals surface area (Å²) in [5.74, 6) is 0.760. The van der Waals surface area contributed by atoms with E-state index < -0.39 is 0 Å². The minimum atomic E-state index is 0.760. The molecule has 0 aliphatic rings. The predicted octanol–water partition coefficient (Wildman–Crippen LogP) is 0.315. The lowest BCUT2D eigenvalue weighted by Gasteiger charge is -2.07. The molecule has 0 radical (unpaired) electrons. The van der Waals surface area contributed by atoms with E-state index in [1.807, 2.05) is 21.0 Å². The maximum absolute atomic E-state index is 5.56. The molecule has 0 saturated heterocycles. The molecule has 3 heteroatoms. The molecule has 0 atom stereocenters. The number of amidine groups is 1. The summed E-state index contributed by atoms with van der Waals surface area (Å²) in [6.07, 6.45) is 0.876. The first-order valence-electron chi connectivity index (χ1n) is 3.60.